The Kier molecular flexibility index (Phi) is 3.29. The van der Waals surface area contributed by atoms with Gasteiger partial charge in [-0.1, -0.05) is 18.2 Å². The first-order valence-electron chi connectivity index (χ1n) is 6.20. The maximum absolute atomic E-state index is 11.9. The number of nitrogens with zero attached hydrogens (tertiary/aromatic N) is 1. The molecule has 6 nitrogen and oxygen atoms in total. The molecule has 0 aliphatic heterocycles. The minimum atomic E-state index is -3.50. The fourth-order valence-electron chi connectivity index (χ4n) is 2.13. The fourth-order valence-corrected chi connectivity index (χ4v) is 3.06. The molecule has 3 N–H and O–H groups in total. The van der Waals surface area contributed by atoms with E-state index < -0.39 is 10.0 Å². The highest BCUT2D eigenvalue weighted by molar-refractivity contribution is 7.89. The molecule has 0 bridgehead atoms. The molecule has 1 aromatic carbocycles. The van der Waals surface area contributed by atoms with Crippen LogP contribution in [-0.4, -0.2) is 29.9 Å². The maximum atomic E-state index is 11.9. The summed E-state index contributed by atoms with van der Waals surface area (Å²) in [5.74, 6) is 0. The van der Waals surface area contributed by atoms with Crippen LogP contribution < -0.4 is 4.72 Å². The largest absolute Gasteiger partial charge is 0.361 e. The lowest BCUT2D eigenvalue weighted by Gasteiger charge is -2.04. The Morgan fingerprint density at radius 2 is 2.05 bits per heavy atom. The van der Waals surface area contributed by atoms with Crippen molar-refractivity contribution < 1.29 is 8.42 Å². The zero-order valence-electron chi connectivity index (χ0n) is 10.6. The van der Waals surface area contributed by atoms with Gasteiger partial charge >= 0.3 is 0 Å². The molecular formula is C13H14N4O2S. The van der Waals surface area contributed by atoms with E-state index >= 15 is 0 Å². The Balaban J connectivity index is 1.69. The Labute approximate surface area is 116 Å². The van der Waals surface area contributed by atoms with Crippen molar-refractivity contribution in [2.75, 3.05) is 6.54 Å². The van der Waals surface area contributed by atoms with Gasteiger partial charge in [-0.2, -0.15) is 0 Å². The van der Waals surface area contributed by atoms with Gasteiger partial charge in [-0.3, -0.25) is 0 Å². The number of fused-ring (bicyclic) bond motifs is 1. The molecule has 2 aromatic heterocycles. The lowest BCUT2D eigenvalue weighted by molar-refractivity contribution is 0.578. The van der Waals surface area contributed by atoms with Gasteiger partial charge in [0.2, 0.25) is 0 Å². The SMILES string of the molecule is O=S(=O)(NCCc1c[nH]c2ccccc12)c1cnc[nH]1. The molecule has 0 fully saturated rings. The highest BCUT2D eigenvalue weighted by atomic mass is 32.2. The number of para-hydroxylation sites is 1. The Morgan fingerprint density at radius 3 is 2.85 bits per heavy atom. The third-order valence-corrected chi connectivity index (χ3v) is 4.51. The average Bonchev–Trinajstić information content (AvgIpc) is 3.08. The first-order valence-corrected chi connectivity index (χ1v) is 7.68. The van der Waals surface area contributed by atoms with Crippen LogP contribution in [-0.2, 0) is 16.4 Å². The number of nitrogens with one attached hydrogen (secondary N) is 3. The monoisotopic (exact) mass is 290 g/mol. The van der Waals surface area contributed by atoms with E-state index in [0.717, 1.165) is 16.5 Å². The van der Waals surface area contributed by atoms with Crippen LogP contribution in [0.15, 0.2) is 48.0 Å². The Morgan fingerprint density at radius 1 is 1.20 bits per heavy atom. The summed E-state index contributed by atoms with van der Waals surface area (Å²) in [6.45, 7) is 0.337. The van der Waals surface area contributed by atoms with E-state index in [1.165, 1.54) is 12.5 Å². The van der Waals surface area contributed by atoms with E-state index in [1.54, 1.807) is 0 Å². The summed E-state index contributed by atoms with van der Waals surface area (Å²) in [6, 6.07) is 7.94. The van der Waals surface area contributed by atoms with E-state index in [2.05, 4.69) is 19.7 Å². The zero-order valence-corrected chi connectivity index (χ0v) is 11.4. The van der Waals surface area contributed by atoms with E-state index in [9.17, 15) is 8.42 Å². The topological polar surface area (TPSA) is 90.6 Å². The van der Waals surface area contributed by atoms with Crippen molar-refractivity contribution in [3.8, 4) is 0 Å². The van der Waals surface area contributed by atoms with Crippen LogP contribution in [0, 0.1) is 0 Å². The average molecular weight is 290 g/mol. The van der Waals surface area contributed by atoms with E-state index in [1.807, 2.05) is 30.5 Å². The number of aromatic nitrogens is 3. The van der Waals surface area contributed by atoms with Gasteiger partial charge in [-0.05, 0) is 18.1 Å². The molecule has 3 aromatic rings. The van der Waals surface area contributed by atoms with Crippen LogP contribution in [0.25, 0.3) is 10.9 Å². The molecule has 104 valence electrons. The second-order valence-electron chi connectivity index (χ2n) is 4.42. The Hall–Kier alpha value is -2.12. The Bertz CT molecular complexity index is 806. The lowest BCUT2D eigenvalue weighted by atomic mass is 10.1. The highest BCUT2D eigenvalue weighted by Crippen LogP contribution is 2.17. The molecule has 0 saturated carbocycles. The second kappa shape index (κ2) is 5.10. The summed E-state index contributed by atoms with van der Waals surface area (Å²) in [5.41, 5.74) is 2.15. The minimum absolute atomic E-state index is 0.0800. The first kappa shape index (κ1) is 12.9. The van der Waals surface area contributed by atoms with Crippen LogP contribution in [0.3, 0.4) is 0 Å². The van der Waals surface area contributed by atoms with E-state index in [4.69, 9.17) is 0 Å². The summed E-state index contributed by atoms with van der Waals surface area (Å²) < 4.78 is 26.3. The van der Waals surface area contributed by atoms with Crippen molar-refractivity contribution in [1.29, 1.82) is 0 Å². The number of H-pyrrole nitrogens is 2. The molecule has 0 atom stereocenters. The molecule has 2 heterocycles. The molecule has 0 spiro atoms. The number of rotatable bonds is 5. The molecule has 0 unspecified atom stereocenters. The number of benzene rings is 1. The summed E-state index contributed by atoms with van der Waals surface area (Å²) in [5, 5.41) is 1.20. The molecule has 3 rings (SSSR count). The lowest BCUT2D eigenvalue weighted by Crippen LogP contribution is -2.26. The van der Waals surface area contributed by atoms with Crippen LogP contribution >= 0.6 is 0 Å². The quantitative estimate of drug-likeness (QED) is 0.663. The highest BCUT2D eigenvalue weighted by Gasteiger charge is 2.14. The molecule has 7 heteroatoms. The fraction of sp³-hybridized carbons (Fsp3) is 0.154. The van der Waals surface area contributed by atoms with Gasteiger partial charge in [0.25, 0.3) is 10.0 Å². The third-order valence-electron chi connectivity index (χ3n) is 3.12. The molecule has 0 amide bonds. The van der Waals surface area contributed by atoms with Crippen LogP contribution in [0.5, 0.6) is 0 Å². The summed E-state index contributed by atoms with van der Waals surface area (Å²) >= 11 is 0. The van der Waals surface area contributed by atoms with Crippen molar-refractivity contribution in [2.24, 2.45) is 0 Å². The predicted molar refractivity (Wildman–Crippen MR) is 75.8 cm³/mol. The molecule has 0 aliphatic carbocycles. The van der Waals surface area contributed by atoms with Crippen molar-refractivity contribution in [1.82, 2.24) is 19.7 Å². The smallest absolute Gasteiger partial charge is 0.257 e. The molecular weight excluding hydrogens is 276 g/mol. The third kappa shape index (κ3) is 2.45. The standard InChI is InChI=1S/C13H14N4O2S/c18-20(19,13-8-14-9-16-13)17-6-5-10-7-15-12-4-2-1-3-11(10)12/h1-4,7-9,15,17H,5-6H2,(H,14,16). The zero-order chi connectivity index (χ0) is 14.0. The maximum Gasteiger partial charge on any atom is 0.257 e. The number of hydrogen-bond acceptors (Lipinski definition) is 3. The van der Waals surface area contributed by atoms with Gasteiger partial charge in [0.1, 0.15) is 0 Å². The summed E-state index contributed by atoms with van der Waals surface area (Å²) in [6.07, 6.45) is 5.16. The number of imidazole rings is 1. The van der Waals surface area contributed by atoms with Gasteiger partial charge in [0, 0.05) is 23.6 Å². The van der Waals surface area contributed by atoms with Gasteiger partial charge in [0.15, 0.2) is 5.03 Å². The number of hydrogen-bond donors (Lipinski definition) is 3. The van der Waals surface area contributed by atoms with Crippen molar-refractivity contribution in [3.05, 3.63) is 48.5 Å². The van der Waals surface area contributed by atoms with Crippen LogP contribution in [0.2, 0.25) is 0 Å². The molecule has 0 aliphatic rings. The van der Waals surface area contributed by atoms with E-state index in [-0.39, 0.29) is 5.03 Å². The van der Waals surface area contributed by atoms with Crippen LogP contribution in [0.1, 0.15) is 5.56 Å². The minimum Gasteiger partial charge on any atom is -0.361 e. The summed E-state index contributed by atoms with van der Waals surface area (Å²) in [4.78, 5) is 9.46. The van der Waals surface area contributed by atoms with Gasteiger partial charge in [0.05, 0.1) is 12.5 Å². The van der Waals surface area contributed by atoms with Crippen molar-refractivity contribution in [3.63, 3.8) is 0 Å². The van der Waals surface area contributed by atoms with Crippen LogP contribution in [0.4, 0.5) is 0 Å². The van der Waals surface area contributed by atoms with Crippen molar-refractivity contribution >= 4 is 20.9 Å². The van der Waals surface area contributed by atoms with Gasteiger partial charge in [-0.25, -0.2) is 18.1 Å². The second-order valence-corrected chi connectivity index (χ2v) is 6.16. The normalized spacial score (nSPS) is 12.0. The number of aromatic amines is 2. The summed E-state index contributed by atoms with van der Waals surface area (Å²) in [7, 11) is -3.50. The van der Waals surface area contributed by atoms with Crippen molar-refractivity contribution in [2.45, 2.75) is 11.4 Å². The van der Waals surface area contributed by atoms with Gasteiger partial charge in [-0.15, -0.1) is 0 Å². The molecule has 0 radical (unpaired) electrons. The van der Waals surface area contributed by atoms with E-state index in [0.29, 0.717) is 13.0 Å². The number of sulfonamides is 1. The molecule has 20 heavy (non-hydrogen) atoms. The first-order chi connectivity index (χ1) is 9.67. The predicted octanol–water partition coefficient (Wildman–Crippen LogP) is 1.41. The van der Waals surface area contributed by atoms with Gasteiger partial charge < -0.3 is 9.97 Å². The molecule has 0 saturated heterocycles.